The molecule has 0 amide bonds. The summed E-state index contributed by atoms with van der Waals surface area (Å²) in [5, 5.41) is 17.1. The average molecular weight is 187 g/mol. The normalized spacial score (nSPS) is 15.5. The zero-order valence-electron chi connectivity index (χ0n) is 7.30. The molecule has 0 aliphatic rings. The molecule has 5 heteroatoms. The lowest BCUT2D eigenvalue weighted by Gasteiger charge is -2.10. The van der Waals surface area contributed by atoms with Crippen molar-refractivity contribution < 1.29 is 19.8 Å². The highest BCUT2D eigenvalue weighted by atomic mass is 16.4. The summed E-state index contributed by atoms with van der Waals surface area (Å²) in [4.78, 5) is 20.9. The van der Waals surface area contributed by atoms with Crippen molar-refractivity contribution in [1.29, 1.82) is 0 Å². The molecule has 0 spiro atoms. The van der Waals surface area contributed by atoms with Crippen LogP contribution in [0.1, 0.15) is 13.3 Å². The lowest BCUT2D eigenvalue weighted by atomic mass is 10.00. The third kappa shape index (κ3) is 4.27. The van der Waals surface area contributed by atoms with Gasteiger partial charge in [-0.1, -0.05) is 12.2 Å². The molecule has 0 aliphatic heterocycles. The molecule has 0 aliphatic carbocycles. The summed E-state index contributed by atoms with van der Waals surface area (Å²) < 4.78 is 0. The molecule has 74 valence electrons. The van der Waals surface area contributed by atoms with E-state index in [1.165, 1.54) is 6.08 Å². The summed E-state index contributed by atoms with van der Waals surface area (Å²) in [5.41, 5.74) is 5.19. The predicted octanol–water partition coefficient (Wildman–Crippen LogP) is 0.0653. The quantitative estimate of drug-likeness (QED) is 0.528. The van der Waals surface area contributed by atoms with Crippen LogP contribution in [0.2, 0.25) is 0 Å². The number of nitrogens with two attached hydrogens (primary N) is 1. The number of aliphatic carboxylic acids is 2. The summed E-state index contributed by atoms with van der Waals surface area (Å²) in [6.07, 6.45) is 2.90. The highest BCUT2D eigenvalue weighted by Gasteiger charge is 2.21. The van der Waals surface area contributed by atoms with Crippen molar-refractivity contribution in [1.82, 2.24) is 0 Å². The van der Waals surface area contributed by atoms with Gasteiger partial charge in [-0.3, -0.25) is 9.59 Å². The van der Waals surface area contributed by atoms with Crippen LogP contribution in [0.25, 0.3) is 0 Å². The average Bonchev–Trinajstić information content (AvgIpc) is 2.03. The van der Waals surface area contributed by atoms with Crippen LogP contribution in [0.3, 0.4) is 0 Å². The van der Waals surface area contributed by atoms with Crippen LogP contribution in [0.15, 0.2) is 12.2 Å². The second-order valence-electron chi connectivity index (χ2n) is 2.65. The highest BCUT2D eigenvalue weighted by molar-refractivity contribution is 5.76. The van der Waals surface area contributed by atoms with Gasteiger partial charge in [0.05, 0.1) is 5.92 Å². The fourth-order valence-electron chi connectivity index (χ4n) is 0.868. The SMILES string of the molecule is CC=CC(C[C@H](N)C(=O)O)C(=O)O. The van der Waals surface area contributed by atoms with E-state index in [1.807, 2.05) is 0 Å². The van der Waals surface area contributed by atoms with Crippen LogP contribution < -0.4 is 5.73 Å². The third-order valence-electron chi connectivity index (χ3n) is 1.57. The van der Waals surface area contributed by atoms with Crippen LogP contribution in [0, 0.1) is 5.92 Å². The van der Waals surface area contributed by atoms with Gasteiger partial charge in [-0.05, 0) is 13.3 Å². The van der Waals surface area contributed by atoms with Crippen molar-refractivity contribution >= 4 is 11.9 Å². The molecule has 0 aromatic rings. The molecule has 0 saturated carbocycles. The first-order valence-corrected chi connectivity index (χ1v) is 3.83. The van der Waals surface area contributed by atoms with E-state index in [-0.39, 0.29) is 6.42 Å². The minimum absolute atomic E-state index is 0.0883. The van der Waals surface area contributed by atoms with Gasteiger partial charge in [0.15, 0.2) is 0 Å². The number of allylic oxidation sites excluding steroid dienone is 1. The van der Waals surface area contributed by atoms with Crippen molar-refractivity contribution in [3.63, 3.8) is 0 Å². The zero-order valence-corrected chi connectivity index (χ0v) is 7.30. The van der Waals surface area contributed by atoms with Crippen molar-refractivity contribution in [3.05, 3.63) is 12.2 Å². The standard InChI is InChI=1S/C8H13NO4/c1-2-3-5(7(10)11)4-6(9)8(12)13/h2-3,5-6H,4,9H2,1H3,(H,10,11)(H,12,13)/t5?,6-/m0/s1. The van der Waals surface area contributed by atoms with Gasteiger partial charge in [0.25, 0.3) is 0 Å². The van der Waals surface area contributed by atoms with Crippen LogP contribution in [0.5, 0.6) is 0 Å². The molecule has 2 atom stereocenters. The Morgan fingerprint density at radius 2 is 1.92 bits per heavy atom. The maximum atomic E-state index is 10.5. The van der Waals surface area contributed by atoms with E-state index in [0.29, 0.717) is 0 Å². The predicted molar refractivity (Wildman–Crippen MR) is 46.2 cm³/mol. The maximum Gasteiger partial charge on any atom is 0.320 e. The van der Waals surface area contributed by atoms with E-state index in [4.69, 9.17) is 15.9 Å². The minimum Gasteiger partial charge on any atom is -0.481 e. The maximum absolute atomic E-state index is 10.5. The lowest BCUT2D eigenvalue weighted by Crippen LogP contribution is -2.33. The number of carboxylic acids is 2. The van der Waals surface area contributed by atoms with E-state index >= 15 is 0 Å². The molecular formula is C8H13NO4. The summed E-state index contributed by atoms with van der Waals surface area (Å²) in [5.74, 6) is -3.07. The molecule has 5 nitrogen and oxygen atoms in total. The Morgan fingerprint density at radius 1 is 1.38 bits per heavy atom. The molecule has 13 heavy (non-hydrogen) atoms. The van der Waals surface area contributed by atoms with Gasteiger partial charge in [0, 0.05) is 0 Å². The summed E-state index contributed by atoms with van der Waals surface area (Å²) in [6, 6.07) is -1.13. The largest absolute Gasteiger partial charge is 0.481 e. The Labute approximate surface area is 75.9 Å². The molecule has 0 rings (SSSR count). The molecular weight excluding hydrogens is 174 g/mol. The van der Waals surface area contributed by atoms with Crippen molar-refractivity contribution in [2.24, 2.45) is 11.7 Å². The Bertz CT molecular complexity index is 224. The fourth-order valence-corrected chi connectivity index (χ4v) is 0.868. The third-order valence-corrected chi connectivity index (χ3v) is 1.57. The monoisotopic (exact) mass is 187 g/mol. The number of carboxylic acid groups (broad SMARTS) is 2. The van der Waals surface area contributed by atoms with Gasteiger partial charge in [-0.2, -0.15) is 0 Å². The van der Waals surface area contributed by atoms with E-state index in [0.717, 1.165) is 0 Å². The number of rotatable bonds is 5. The highest BCUT2D eigenvalue weighted by Crippen LogP contribution is 2.08. The van der Waals surface area contributed by atoms with E-state index < -0.39 is 23.9 Å². The van der Waals surface area contributed by atoms with Crippen LogP contribution in [-0.2, 0) is 9.59 Å². The number of carbonyl (C=O) groups is 2. The first-order valence-electron chi connectivity index (χ1n) is 3.83. The van der Waals surface area contributed by atoms with Crippen molar-refractivity contribution in [3.8, 4) is 0 Å². The summed E-state index contributed by atoms with van der Waals surface area (Å²) in [6.45, 7) is 1.67. The Kier molecular flexibility index (Phi) is 4.76. The lowest BCUT2D eigenvalue weighted by molar-refractivity contribution is -0.142. The van der Waals surface area contributed by atoms with Crippen molar-refractivity contribution in [2.45, 2.75) is 19.4 Å². The van der Waals surface area contributed by atoms with Gasteiger partial charge >= 0.3 is 11.9 Å². The molecule has 0 heterocycles. The number of hydrogen-bond acceptors (Lipinski definition) is 3. The van der Waals surface area contributed by atoms with Gasteiger partial charge in [0.1, 0.15) is 6.04 Å². The van der Waals surface area contributed by atoms with E-state index in [9.17, 15) is 9.59 Å². The Balaban J connectivity index is 4.26. The van der Waals surface area contributed by atoms with Gasteiger partial charge in [-0.15, -0.1) is 0 Å². The molecule has 0 aromatic heterocycles. The number of hydrogen-bond donors (Lipinski definition) is 3. The zero-order chi connectivity index (χ0) is 10.4. The first-order chi connectivity index (χ1) is 5.99. The second-order valence-corrected chi connectivity index (χ2v) is 2.65. The molecule has 0 aromatic carbocycles. The van der Waals surface area contributed by atoms with Gasteiger partial charge in [0.2, 0.25) is 0 Å². The Morgan fingerprint density at radius 3 is 2.23 bits per heavy atom. The first kappa shape index (κ1) is 11.6. The van der Waals surface area contributed by atoms with Gasteiger partial charge < -0.3 is 15.9 Å². The van der Waals surface area contributed by atoms with E-state index in [1.54, 1.807) is 13.0 Å². The topological polar surface area (TPSA) is 101 Å². The van der Waals surface area contributed by atoms with Crippen LogP contribution >= 0.6 is 0 Å². The van der Waals surface area contributed by atoms with Crippen molar-refractivity contribution in [2.75, 3.05) is 0 Å². The Hall–Kier alpha value is -1.36. The molecule has 0 radical (unpaired) electrons. The molecule has 0 saturated heterocycles. The smallest absolute Gasteiger partial charge is 0.320 e. The van der Waals surface area contributed by atoms with E-state index in [2.05, 4.69) is 0 Å². The molecule has 0 fully saturated rings. The molecule has 0 bridgehead atoms. The van der Waals surface area contributed by atoms with Crippen LogP contribution in [0.4, 0.5) is 0 Å². The van der Waals surface area contributed by atoms with Gasteiger partial charge in [-0.25, -0.2) is 0 Å². The fraction of sp³-hybridized carbons (Fsp3) is 0.500. The second kappa shape index (κ2) is 5.31. The minimum atomic E-state index is -1.18. The molecule has 4 N–H and O–H groups in total. The van der Waals surface area contributed by atoms with Crippen LogP contribution in [-0.4, -0.2) is 28.2 Å². The summed E-state index contributed by atoms with van der Waals surface area (Å²) in [7, 11) is 0. The summed E-state index contributed by atoms with van der Waals surface area (Å²) >= 11 is 0. The molecule has 1 unspecified atom stereocenters.